The average molecular weight is 280 g/mol. The Morgan fingerprint density at radius 2 is 1.90 bits per heavy atom. The van der Waals surface area contributed by atoms with E-state index in [-0.39, 0.29) is 6.61 Å². The first-order valence-corrected chi connectivity index (χ1v) is 6.89. The van der Waals surface area contributed by atoms with E-state index in [9.17, 15) is 5.11 Å². The van der Waals surface area contributed by atoms with Gasteiger partial charge < -0.3 is 19.7 Å². The number of aliphatic hydroxyl groups is 2. The molecule has 0 aliphatic rings. The zero-order valence-corrected chi connectivity index (χ0v) is 12.2. The van der Waals surface area contributed by atoms with Gasteiger partial charge in [0, 0.05) is 0 Å². The van der Waals surface area contributed by atoms with Crippen molar-refractivity contribution in [2.24, 2.45) is 0 Å². The predicted molar refractivity (Wildman–Crippen MR) is 78.7 cm³/mol. The highest BCUT2D eigenvalue weighted by atomic mass is 16.5. The van der Waals surface area contributed by atoms with Crippen LogP contribution in [0.15, 0.2) is 36.4 Å². The minimum atomic E-state index is -0.866. The molecule has 1 rings (SSSR count). The fourth-order valence-electron chi connectivity index (χ4n) is 1.78. The van der Waals surface area contributed by atoms with E-state index in [1.807, 2.05) is 43.3 Å². The first-order valence-electron chi connectivity index (χ1n) is 6.89. The van der Waals surface area contributed by atoms with Crippen molar-refractivity contribution in [3.63, 3.8) is 0 Å². The Hall–Kier alpha value is -1.36. The quantitative estimate of drug-likeness (QED) is 0.681. The molecular weight excluding hydrogens is 256 g/mol. The fraction of sp³-hybridized carbons (Fsp3) is 0.500. The Balaban J connectivity index is 2.53. The maximum atomic E-state index is 9.75. The van der Waals surface area contributed by atoms with Gasteiger partial charge in [-0.2, -0.15) is 0 Å². The molecule has 2 atom stereocenters. The highest BCUT2D eigenvalue weighted by molar-refractivity contribution is 5.26. The largest absolute Gasteiger partial charge is 0.497 e. The topological polar surface area (TPSA) is 58.9 Å². The normalized spacial score (nSPS) is 14.4. The predicted octanol–water partition coefficient (Wildman–Crippen LogP) is 2.29. The van der Waals surface area contributed by atoms with Crippen molar-refractivity contribution in [2.45, 2.75) is 38.6 Å². The smallest absolute Gasteiger partial charge is 0.118 e. The van der Waals surface area contributed by atoms with Gasteiger partial charge in [0.05, 0.1) is 26.4 Å². The highest BCUT2D eigenvalue weighted by Crippen LogP contribution is 2.14. The maximum absolute atomic E-state index is 9.75. The fourth-order valence-corrected chi connectivity index (χ4v) is 1.78. The van der Waals surface area contributed by atoms with Gasteiger partial charge in [-0.3, -0.25) is 0 Å². The van der Waals surface area contributed by atoms with Crippen LogP contribution in [-0.4, -0.2) is 36.1 Å². The second-order valence-corrected chi connectivity index (χ2v) is 4.56. The number of benzene rings is 1. The van der Waals surface area contributed by atoms with Crippen molar-refractivity contribution < 1.29 is 19.7 Å². The molecule has 0 spiro atoms. The molecule has 20 heavy (non-hydrogen) atoms. The maximum Gasteiger partial charge on any atom is 0.118 e. The monoisotopic (exact) mass is 280 g/mol. The van der Waals surface area contributed by atoms with E-state index in [2.05, 4.69) is 0 Å². The number of allylic oxidation sites excluding steroid dienone is 1. The highest BCUT2D eigenvalue weighted by Gasteiger charge is 2.17. The van der Waals surface area contributed by atoms with Crippen LogP contribution in [0.25, 0.3) is 0 Å². The van der Waals surface area contributed by atoms with E-state index < -0.39 is 12.2 Å². The number of rotatable bonds is 9. The Labute approximate surface area is 120 Å². The molecule has 0 saturated carbocycles. The van der Waals surface area contributed by atoms with Crippen LogP contribution in [0.4, 0.5) is 0 Å². The summed E-state index contributed by atoms with van der Waals surface area (Å²) in [7, 11) is 1.62. The molecule has 0 heterocycles. The Morgan fingerprint density at radius 1 is 1.20 bits per heavy atom. The zero-order chi connectivity index (χ0) is 14.8. The van der Waals surface area contributed by atoms with E-state index in [1.165, 1.54) is 0 Å². The third-order valence-corrected chi connectivity index (χ3v) is 3.01. The first-order chi connectivity index (χ1) is 9.71. The summed E-state index contributed by atoms with van der Waals surface area (Å²) in [6.07, 6.45) is 4.26. The summed E-state index contributed by atoms with van der Waals surface area (Å²) in [6, 6.07) is 7.58. The SMILES string of the molecule is CC/C=C\C[C@H](OCc1ccc(OC)cc1)[C@H](O)CO. The molecule has 0 aliphatic heterocycles. The van der Waals surface area contributed by atoms with Crippen LogP contribution >= 0.6 is 0 Å². The molecule has 0 aromatic heterocycles. The van der Waals surface area contributed by atoms with E-state index in [1.54, 1.807) is 7.11 Å². The van der Waals surface area contributed by atoms with Gasteiger partial charge in [-0.1, -0.05) is 31.2 Å². The van der Waals surface area contributed by atoms with Gasteiger partial charge in [0.2, 0.25) is 0 Å². The lowest BCUT2D eigenvalue weighted by Gasteiger charge is -2.20. The van der Waals surface area contributed by atoms with Gasteiger partial charge in [0.25, 0.3) is 0 Å². The van der Waals surface area contributed by atoms with Gasteiger partial charge in [0.1, 0.15) is 11.9 Å². The van der Waals surface area contributed by atoms with Crippen molar-refractivity contribution in [2.75, 3.05) is 13.7 Å². The number of hydrogen-bond donors (Lipinski definition) is 2. The lowest BCUT2D eigenvalue weighted by Crippen LogP contribution is -2.31. The van der Waals surface area contributed by atoms with Crippen LogP contribution in [0.5, 0.6) is 5.75 Å². The summed E-state index contributed by atoms with van der Waals surface area (Å²) in [5.41, 5.74) is 1.00. The Kier molecular flexibility index (Phi) is 7.95. The molecule has 2 N–H and O–H groups in total. The molecular formula is C16H24O4. The molecule has 4 nitrogen and oxygen atoms in total. The molecule has 0 saturated heterocycles. The summed E-state index contributed by atoms with van der Waals surface area (Å²) >= 11 is 0. The molecule has 1 aromatic carbocycles. The molecule has 0 radical (unpaired) electrons. The third kappa shape index (κ3) is 5.74. The van der Waals surface area contributed by atoms with Gasteiger partial charge in [-0.25, -0.2) is 0 Å². The van der Waals surface area contributed by atoms with Crippen LogP contribution < -0.4 is 4.74 Å². The van der Waals surface area contributed by atoms with Crippen molar-refractivity contribution in [3.8, 4) is 5.75 Å². The second kappa shape index (κ2) is 9.53. The van der Waals surface area contributed by atoms with E-state index >= 15 is 0 Å². The number of hydrogen-bond acceptors (Lipinski definition) is 4. The third-order valence-electron chi connectivity index (χ3n) is 3.01. The second-order valence-electron chi connectivity index (χ2n) is 4.56. The summed E-state index contributed by atoms with van der Waals surface area (Å²) in [5, 5.41) is 18.8. The molecule has 4 heteroatoms. The number of aliphatic hydroxyl groups excluding tert-OH is 2. The zero-order valence-electron chi connectivity index (χ0n) is 12.2. The van der Waals surface area contributed by atoms with Crippen molar-refractivity contribution in [1.82, 2.24) is 0 Å². The van der Waals surface area contributed by atoms with Gasteiger partial charge >= 0.3 is 0 Å². The van der Waals surface area contributed by atoms with Crippen LogP contribution in [0.3, 0.4) is 0 Å². The minimum absolute atomic E-state index is 0.298. The molecule has 0 bridgehead atoms. The summed E-state index contributed by atoms with van der Waals surface area (Å²) in [5.74, 6) is 0.798. The van der Waals surface area contributed by atoms with E-state index in [0.717, 1.165) is 17.7 Å². The van der Waals surface area contributed by atoms with Crippen molar-refractivity contribution >= 4 is 0 Å². The van der Waals surface area contributed by atoms with Crippen molar-refractivity contribution in [3.05, 3.63) is 42.0 Å². The van der Waals surface area contributed by atoms with E-state index in [4.69, 9.17) is 14.6 Å². The van der Waals surface area contributed by atoms with E-state index in [0.29, 0.717) is 13.0 Å². The molecule has 0 aliphatic carbocycles. The summed E-state index contributed by atoms with van der Waals surface area (Å²) in [4.78, 5) is 0. The molecule has 0 unspecified atom stereocenters. The Morgan fingerprint density at radius 3 is 2.45 bits per heavy atom. The van der Waals surface area contributed by atoms with Gasteiger partial charge in [0.15, 0.2) is 0 Å². The van der Waals surface area contributed by atoms with Crippen LogP contribution in [0.1, 0.15) is 25.3 Å². The Bertz CT molecular complexity index is 386. The van der Waals surface area contributed by atoms with Crippen LogP contribution in [0.2, 0.25) is 0 Å². The molecule has 0 fully saturated rings. The molecule has 112 valence electrons. The van der Waals surface area contributed by atoms with Gasteiger partial charge in [-0.05, 0) is 30.5 Å². The average Bonchev–Trinajstić information content (AvgIpc) is 2.50. The number of ether oxygens (including phenoxy) is 2. The summed E-state index contributed by atoms with van der Waals surface area (Å²) in [6.45, 7) is 2.14. The van der Waals surface area contributed by atoms with Crippen molar-refractivity contribution in [1.29, 1.82) is 0 Å². The standard InChI is InChI=1S/C16H24O4/c1-3-4-5-6-16(15(18)11-17)20-12-13-7-9-14(19-2)10-8-13/h4-5,7-10,15-18H,3,6,11-12H2,1-2H3/b5-4-/t15-,16+/m1/s1. The summed E-state index contributed by atoms with van der Waals surface area (Å²) < 4.78 is 10.8. The van der Waals surface area contributed by atoms with Gasteiger partial charge in [-0.15, -0.1) is 0 Å². The lowest BCUT2D eigenvalue weighted by molar-refractivity contribution is -0.0629. The first kappa shape index (κ1) is 16.7. The molecule has 0 amide bonds. The molecule has 1 aromatic rings. The lowest BCUT2D eigenvalue weighted by atomic mass is 10.1. The minimum Gasteiger partial charge on any atom is -0.497 e. The number of methoxy groups -OCH3 is 1. The van der Waals surface area contributed by atoms with Crippen LogP contribution in [-0.2, 0) is 11.3 Å². The van der Waals surface area contributed by atoms with Crippen LogP contribution in [0, 0.1) is 0 Å².